The molecule has 0 radical (unpaired) electrons. The van der Waals surface area contributed by atoms with Crippen molar-refractivity contribution in [1.29, 1.82) is 0 Å². The molecule has 0 bridgehead atoms. The van der Waals surface area contributed by atoms with Gasteiger partial charge < -0.3 is 15.6 Å². The van der Waals surface area contributed by atoms with Crippen molar-refractivity contribution in [3.8, 4) is 0 Å². The molecule has 2 rings (SSSR count). The number of ether oxygens (including phenoxy) is 1. The fourth-order valence-electron chi connectivity index (χ4n) is 1.89. The van der Waals surface area contributed by atoms with Crippen LogP contribution in [0.25, 0.3) is 0 Å². The Morgan fingerprint density at radius 2 is 1.94 bits per heavy atom. The molecule has 0 aliphatic carbocycles. The summed E-state index contributed by atoms with van der Waals surface area (Å²) in [6.45, 7) is 1.71. The van der Waals surface area contributed by atoms with Crippen LogP contribution >= 0.6 is 0 Å². The van der Waals surface area contributed by atoms with E-state index in [1.807, 2.05) is 24.3 Å². The van der Waals surface area contributed by atoms with Crippen LogP contribution in [0.2, 0.25) is 0 Å². The molecule has 1 aromatic rings. The highest BCUT2D eigenvalue weighted by atomic mass is 16.5. The van der Waals surface area contributed by atoms with Crippen LogP contribution in [0.5, 0.6) is 0 Å². The van der Waals surface area contributed by atoms with Crippen LogP contribution in [0.3, 0.4) is 0 Å². The van der Waals surface area contributed by atoms with Crippen molar-refractivity contribution < 1.29 is 14.6 Å². The van der Waals surface area contributed by atoms with Gasteiger partial charge in [0.1, 0.15) is 6.04 Å². The number of rotatable bonds is 5. The van der Waals surface area contributed by atoms with E-state index in [9.17, 15) is 4.79 Å². The average Bonchev–Trinajstić information content (AvgIpc) is 2.25. The van der Waals surface area contributed by atoms with Crippen LogP contribution in [-0.4, -0.2) is 30.3 Å². The maximum atomic E-state index is 10.6. The van der Waals surface area contributed by atoms with Crippen molar-refractivity contribution in [2.75, 3.05) is 13.2 Å². The van der Waals surface area contributed by atoms with Gasteiger partial charge in [-0.15, -0.1) is 0 Å². The summed E-state index contributed by atoms with van der Waals surface area (Å²) >= 11 is 0. The smallest absolute Gasteiger partial charge is 0.320 e. The molecule has 1 atom stereocenters. The van der Waals surface area contributed by atoms with E-state index in [2.05, 4.69) is 0 Å². The number of carbonyl (C=O) groups is 1. The summed E-state index contributed by atoms with van der Waals surface area (Å²) in [6, 6.07) is 7.18. The number of benzene rings is 1. The molecule has 0 aromatic heterocycles. The van der Waals surface area contributed by atoms with E-state index in [0.29, 0.717) is 12.3 Å². The van der Waals surface area contributed by atoms with Crippen LogP contribution in [0, 0.1) is 5.92 Å². The second kappa shape index (κ2) is 5.29. The molecule has 1 fully saturated rings. The Morgan fingerprint density at radius 1 is 1.35 bits per heavy atom. The number of aliphatic carboxylic acids is 1. The third kappa shape index (κ3) is 3.28. The lowest BCUT2D eigenvalue weighted by Gasteiger charge is -2.25. The van der Waals surface area contributed by atoms with Crippen molar-refractivity contribution in [2.24, 2.45) is 11.7 Å². The number of carboxylic acid groups (broad SMARTS) is 1. The van der Waals surface area contributed by atoms with Gasteiger partial charge >= 0.3 is 5.97 Å². The van der Waals surface area contributed by atoms with Crippen LogP contribution in [0.1, 0.15) is 11.1 Å². The molecule has 1 unspecified atom stereocenters. The van der Waals surface area contributed by atoms with E-state index < -0.39 is 12.0 Å². The van der Waals surface area contributed by atoms with Crippen molar-refractivity contribution in [1.82, 2.24) is 0 Å². The number of carboxylic acids is 1. The van der Waals surface area contributed by atoms with Crippen molar-refractivity contribution in [2.45, 2.75) is 18.9 Å². The number of hydrogen-bond acceptors (Lipinski definition) is 3. The van der Waals surface area contributed by atoms with Crippen molar-refractivity contribution >= 4 is 5.97 Å². The van der Waals surface area contributed by atoms with E-state index in [1.54, 1.807) is 0 Å². The lowest BCUT2D eigenvalue weighted by atomic mass is 9.96. The van der Waals surface area contributed by atoms with Gasteiger partial charge in [0.05, 0.1) is 13.2 Å². The normalized spacial score (nSPS) is 17.5. The van der Waals surface area contributed by atoms with E-state index in [4.69, 9.17) is 15.6 Å². The minimum Gasteiger partial charge on any atom is -0.480 e. The predicted octanol–water partition coefficient (Wildman–Crippen LogP) is 0.830. The van der Waals surface area contributed by atoms with Gasteiger partial charge in [0.2, 0.25) is 0 Å². The van der Waals surface area contributed by atoms with E-state index in [0.717, 1.165) is 25.2 Å². The van der Waals surface area contributed by atoms with E-state index in [-0.39, 0.29) is 0 Å². The summed E-state index contributed by atoms with van der Waals surface area (Å²) in [5, 5.41) is 8.72. The van der Waals surface area contributed by atoms with Crippen LogP contribution in [-0.2, 0) is 22.4 Å². The lowest BCUT2D eigenvalue weighted by Crippen LogP contribution is -2.32. The van der Waals surface area contributed by atoms with Gasteiger partial charge in [-0.25, -0.2) is 0 Å². The van der Waals surface area contributed by atoms with Gasteiger partial charge in [0, 0.05) is 5.92 Å². The Hall–Kier alpha value is -1.39. The Labute approximate surface area is 100 Å². The monoisotopic (exact) mass is 235 g/mol. The van der Waals surface area contributed by atoms with Gasteiger partial charge in [0.15, 0.2) is 0 Å². The summed E-state index contributed by atoms with van der Waals surface area (Å²) in [5.41, 5.74) is 7.72. The highest BCUT2D eigenvalue weighted by molar-refractivity contribution is 5.73. The molecule has 0 amide bonds. The van der Waals surface area contributed by atoms with E-state index in [1.165, 1.54) is 5.56 Å². The fraction of sp³-hybridized carbons (Fsp3) is 0.462. The maximum absolute atomic E-state index is 10.6. The minimum atomic E-state index is -0.958. The first-order valence-corrected chi connectivity index (χ1v) is 5.79. The highest BCUT2D eigenvalue weighted by Crippen LogP contribution is 2.17. The van der Waals surface area contributed by atoms with Gasteiger partial charge in [-0.1, -0.05) is 24.3 Å². The molecule has 0 saturated carbocycles. The first kappa shape index (κ1) is 12.1. The second-order valence-electron chi connectivity index (χ2n) is 4.57. The van der Waals surface area contributed by atoms with Crippen molar-refractivity contribution in [3.05, 3.63) is 35.4 Å². The zero-order chi connectivity index (χ0) is 12.3. The summed E-state index contributed by atoms with van der Waals surface area (Å²) in [5.74, 6) is -0.317. The SMILES string of the molecule is NC(Cc1ccc(CC2COC2)cc1)C(=O)O. The molecule has 1 saturated heterocycles. The van der Waals surface area contributed by atoms with Gasteiger partial charge in [-0.2, -0.15) is 0 Å². The lowest BCUT2D eigenvalue weighted by molar-refractivity contribution is -0.138. The Kier molecular flexibility index (Phi) is 3.76. The first-order chi connectivity index (χ1) is 8.15. The Bertz CT molecular complexity index is 384. The average molecular weight is 235 g/mol. The molecule has 3 N–H and O–H groups in total. The summed E-state index contributed by atoms with van der Waals surface area (Å²) in [7, 11) is 0. The molecular formula is C13H17NO3. The third-order valence-corrected chi connectivity index (χ3v) is 3.03. The molecule has 4 heteroatoms. The number of hydrogen-bond donors (Lipinski definition) is 2. The molecule has 0 spiro atoms. The molecule has 92 valence electrons. The molecule has 1 aliphatic rings. The zero-order valence-corrected chi connectivity index (χ0v) is 9.63. The van der Waals surface area contributed by atoms with Crippen LogP contribution in [0.15, 0.2) is 24.3 Å². The largest absolute Gasteiger partial charge is 0.480 e. The molecular weight excluding hydrogens is 218 g/mol. The Balaban J connectivity index is 1.90. The molecule has 1 aromatic carbocycles. The zero-order valence-electron chi connectivity index (χ0n) is 9.63. The standard InChI is InChI=1S/C13H17NO3/c14-12(13(15)16)6-10-3-1-9(2-4-10)5-11-7-17-8-11/h1-4,11-12H,5-8,14H2,(H,15,16). The first-order valence-electron chi connectivity index (χ1n) is 5.79. The van der Waals surface area contributed by atoms with Crippen LogP contribution in [0.4, 0.5) is 0 Å². The van der Waals surface area contributed by atoms with Gasteiger partial charge in [-0.05, 0) is 24.0 Å². The van der Waals surface area contributed by atoms with E-state index >= 15 is 0 Å². The highest BCUT2D eigenvalue weighted by Gasteiger charge is 2.18. The second-order valence-corrected chi connectivity index (χ2v) is 4.57. The Morgan fingerprint density at radius 3 is 2.41 bits per heavy atom. The minimum absolute atomic E-state index is 0.377. The summed E-state index contributed by atoms with van der Waals surface area (Å²) in [6.07, 6.45) is 1.41. The van der Waals surface area contributed by atoms with Gasteiger partial charge in [-0.3, -0.25) is 4.79 Å². The maximum Gasteiger partial charge on any atom is 0.320 e. The van der Waals surface area contributed by atoms with Crippen molar-refractivity contribution in [3.63, 3.8) is 0 Å². The third-order valence-electron chi connectivity index (χ3n) is 3.03. The summed E-state index contributed by atoms with van der Waals surface area (Å²) < 4.78 is 5.13. The molecule has 1 aliphatic heterocycles. The fourth-order valence-corrected chi connectivity index (χ4v) is 1.89. The number of nitrogens with two attached hydrogens (primary N) is 1. The topological polar surface area (TPSA) is 72.5 Å². The molecule has 17 heavy (non-hydrogen) atoms. The van der Waals surface area contributed by atoms with Gasteiger partial charge in [0.25, 0.3) is 0 Å². The predicted molar refractivity (Wildman–Crippen MR) is 63.8 cm³/mol. The summed E-state index contributed by atoms with van der Waals surface area (Å²) in [4.78, 5) is 10.6. The quantitative estimate of drug-likeness (QED) is 0.793. The van der Waals surface area contributed by atoms with Crippen LogP contribution < -0.4 is 5.73 Å². The molecule has 4 nitrogen and oxygen atoms in total. The molecule has 1 heterocycles.